The molecule has 0 aliphatic carbocycles. The Morgan fingerprint density at radius 3 is 2.46 bits per heavy atom. The third-order valence-electron chi connectivity index (χ3n) is 5.97. The minimum Gasteiger partial charge on any atom is -0.489 e. The Kier molecular flexibility index (Phi) is 7.14. The molecule has 1 aromatic heterocycles. The van der Waals surface area contributed by atoms with E-state index in [1.807, 2.05) is 48.5 Å². The molecule has 0 saturated heterocycles. The topological polar surface area (TPSA) is 83.1 Å². The minimum atomic E-state index is -0.509. The highest BCUT2D eigenvalue weighted by atomic mass is 32.2. The number of hydrogen-bond acceptors (Lipinski definition) is 6. The van der Waals surface area contributed by atoms with Gasteiger partial charge in [-0.3, -0.25) is 14.7 Å². The molecular formula is C28H23FN4O3S. The molecule has 0 unspecified atom stereocenters. The van der Waals surface area contributed by atoms with Gasteiger partial charge in [0.1, 0.15) is 29.2 Å². The van der Waals surface area contributed by atoms with Crippen LogP contribution in [0.5, 0.6) is 5.75 Å². The molecule has 0 amide bonds. The Balaban J connectivity index is 1.34. The van der Waals surface area contributed by atoms with Crippen molar-refractivity contribution >= 4 is 22.5 Å². The molecule has 1 heterocycles. The third-order valence-corrected chi connectivity index (χ3v) is 7.15. The van der Waals surface area contributed by atoms with Crippen LogP contribution in [-0.4, -0.2) is 26.2 Å². The van der Waals surface area contributed by atoms with Gasteiger partial charge in [0.25, 0.3) is 0 Å². The normalized spacial score (nSPS) is 11.9. The van der Waals surface area contributed by atoms with Crippen LogP contribution in [0.15, 0.2) is 96.2 Å². The van der Waals surface area contributed by atoms with Gasteiger partial charge in [-0.1, -0.05) is 66.4 Å². The van der Waals surface area contributed by atoms with Gasteiger partial charge in [-0.2, -0.15) is 0 Å². The van der Waals surface area contributed by atoms with Gasteiger partial charge in [-0.15, -0.1) is 10.2 Å². The zero-order valence-corrected chi connectivity index (χ0v) is 20.8. The average Bonchev–Trinajstić information content (AvgIpc) is 3.27. The van der Waals surface area contributed by atoms with Crippen molar-refractivity contribution in [2.24, 2.45) is 0 Å². The number of halogens is 1. The fourth-order valence-electron chi connectivity index (χ4n) is 4.14. The first-order valence-electron chi connectivity index (χ1n) is 11.6. The number of nitro groups is 1. The average molecular weight is 515 g/mol. The van der Waals surface area contributed by atoms with E-state index in [4.69, 9.17) is 4.74 Å². The Labute approximate surface area is 217 Å². The van der Waals surface area contributed by atoms with E-state index < -0.39 is 5.25 Å². The molecule has 0 bridgehead atoms. The largest absolute Gasteiger partial charge is 0.489 e. The molecule has 0 radical (unpaired) electrons. The van der Waals surface area contributed by atoms with E-state index in [2.05, 4.69) is 28.4 Å². The van der Waals surface area contributed by atoms with Crippen LogP contribution < -0.4 is 4.74 Å². The van der Waals surface area contributed by atoms with Crippen LogP contribution in [0.25, 0.3) is 16.5 Å². The molecule has 9 heteroatoms. The SMILES string of the molecule is Cc1nnc(S[C@@H](C[N+](=O)[O-])c2ccc(OCc3cccc4ccccc34)cc2)n1-c1ccc(F)cc1. The van der Waals surface area contributed by atoms with Gasteiger partial charge in [0.05, 0.1) is 0 Å². The van der Waals surface area contributed by atoms with Gasteiger partial charge in [-0.25, -0.2) is 4.39 Å². The maximum absolute atomic E-state index is 13.4. The number of thioether (sulfide) groups is 1. The number of ether oxygens (including phenoxy) is 1. The van der Waals surface area contributed by atoms with Crippen molar-refractivity contribution in [1.82, 2.24) is 14.8 Å². The number of fused-ring (bicyclic) bond motifs is 1. The van der Waals surface area contributed by atoms with Gasteiger partial charge in [0.15, 0.2) is 5.16 Å². The fourth-order valence-corrected chi connectivity index (χ4v) is 5.31. The Morgan fingerprint density at radius 1 is 0.973 bits per heavy atom. The number of rotatable bonds is 9. The number of aryl methyl sites for hydroxylation is 1. The highest BCUT2D eigenvalue weighted by Gasteiger charge is 2.24. The lowest BCUT2D eigenvalue weighted by atomic mass is 10.1. The first-order valence-corrected chi connectivity index (χ1v) is 12.5. The second-order valence-electron chi connectivity index (χ2n) is 8.46. The van der Waals surface area contributed by atoms with E-state index in [9.17, 15) is 14.5 Å². The third kappa shape index (κ3) is 5.62. The van der Waals surface area contributed by atoms with E-state index in [1.165, 1.54) is 23.9 Å². The van der Waals surface area contributed by atoms with Gasteiger partial charge in [-0.05, 0) is 65.2 Å². The van der Waals surface area contributed by atoms with Gasteiger partial charge in [0, 0.05) is 10.6 Å². The zero-order chi connectivity index (χ0) is 25.8. The lowest BCUT2D eigenvalue weighted by molar-refractivity contribution is -0.479. The van der Waals surface area contributed by atoms with E-state index in [1.54, 1.807) is 23.6 Å². The van der Waals surface area contributed by atoms with E-state index in [0.29, 0.717) is 29.0 Å². The molecule has 37 heavy (non-hydrogen) atoms. The summed E-state index contributed by atoms with van der Waals surface area (Å²) in [7, 11) is 0. The van der Waals surface area contributed by atoms with Crippen molar-refractivity contribution in [2.75, 3.05) is 6.54 Å². The van der Waals surface area contributed by atoms with Gasteiger partial charge >= 0.3 is 0 Å². The lowest BCUT2D eigenvalue weighted by Gasteiger charge is -2.15. The molecule has 186 valence electrons. The van der Waals surface area contributed by atoms with Crippen LogP contribution in [0.2, 0.25) is 0 Å². The predicted octanol–water partition coefficient (Wildman–Crippen LogP) is 6.56. The van der Waals surface area contributed by atoms with Crippen LogP contribution in [0, 0.1) is 22.9 Å². The van der Waals surface area contributed by atoms with Crippen LogP contribution in [0.1, 0.15) is 22.2 Å². The zero-order valence-electron chi connectivity index (χ0n) is 20.0. The maximum atomic E-state index is 13.4. The fraction of sp³-hybridized carbons (Fsp3) is 0.143. The summed E-state index contributed by atoms with van der Waals surface area (Å²) in [5, 5.41) is 22.1. The summed E-state index contributed by atoms with van der Waals surface area (Å²) in [5.74, 6) is 0.927. The molecule has 0 aliphatic heterocycles. The predicted molar refractivity (Wildman–Crippen MR) is 141 cm³/mol. The Hall–Kier alpha value is -4.24. The number of aromatic nitrogens is 3. The molecule has 0 spiro atoms. The quantitative estimate of drug-likeness (QED) is 0.126. The van der Waals surface area contributed by atoms with E-state index >= 15 is 0 Å². The summed E-state index contributed by atoms with van der Waals surface area (Å²) in [5.41, 5.74) is 2.54. The van der Waals surface area contributed by atoms with Crippen LogP contribution in [0.4, 0.5) is 4.39 Å². The highest BCUT2D eigenvalue weighted by molar-refractivity contribution is 7.99. The number of hydrogen-bond donors (Lipinski definition) is 0. The van der Waals surface area contributed by atoms with Crippen LogP contribution in [-0.2, 0) is 6.61 Å². The standard InChI is InChI=1S/C28H23FN4O3S/c1-19-30-31-28(33(19)24-13-11-23(29)12-14-24)37-27(17-32(34)35)21-9-15-25(16-10-21)36-18-22-7-4-6-20-5-2-3-8-26(20)22/h2-16,27H,17-18H2,1H3/t27-/m0/s1. The monoisotopic (exact) mass is 514 g/mol. The number of benzene rings is 4. The van der Waals surface area contributed by atoms with Crippen LogP contribution >= 0.6 is 11.8 Å². The van der Waals surface area contributed by atoms with Crippen molar-refractivity contribution in [3.8, 4) is 11.4 Å². The highest BCUT2D eigenvalue weighted by Crippen LogP contribution is 2.36. The molecule has 5 aromatic rings. The van der Waals surface area contributed by atoms with Gasteiger partial charge < -0.3 is 4.74 Å². The van der Waals surface area contributed by atoms with E-state index in [0.717, 1.165) is 21.9 Å². The van der Waals surface area contributed by atoms with Crippen molar-refractivity contribution in [3.05, 3.63) is 124 Å². The summed E-state index contributed by atoms with van der Waals surface area (Å²) < 4.78 is 21.2. The summed E-state index contributed by atoms with van der Waals surface area (Å²) in [4.78, 5) is 11.1. The molecule has 0 aliphatic rings. The molecule has 4 aromatic carbocycles. The van der Waals surface area contributed by atoms with Crippen molar-refractivity contribution in [3.63, 3.8) is 0 Å². The van der Waals surface area contributed by atoms with Crippen LogP contribution in [0.3, 0.4) is 0 Å². The minimum absolute atomic E-state index is 0.295. The molecule has 7 nitrogen and oxygen atoms in total. The maximum Gasteiger partial charge on any atom is 0.220 e. The van der Waals surface area contributed by atoms with Crippen molar-refractivity contribution < 1.29 is 14.1 Å². The molecular weight excluding hydrogens is 491 g/mol. The summed E-state index contributed by atoms with van der Waals surface area (Å²) in [6.45, 7) is 1.90. The molecule has 1 atom stereocenters. The van der Waals surface area contributed by atoms with Crippen molar-refractivity contribution in [1.29, 1.82) is 0 Å². The second kappa shape index (κ2) is 10.8. The summed E-state index contributed by atoms with van der Waals surface area (Å²) >= 11 is 1.25. The first-order chi connectivity index (χ1) is 18.0. The van der Waals surface area contributed by atoms with Gasteiger partial charge in [0.2, 0.25) is 6.54 Å². The lowest BCUT2D eigenvalue weighted by Crippen LogP contribution is -2.11. The second-order valence-corrected chi connectivity index (χ2v) is 9.63. The molecule has 0 fully saturated rings. The summed E-state index contributed by atoms with van der Waals surface area (Å²) in [6, 6.07) is 27.6. The molecule has 5 rings (SSSR count). The summed E-state index contributed by atoms with van der Waals surface area (Å²) in [6.07, 6.45) is 0. The molecule has 0 N–H and O–H groups in total. The Morgan fingerprint density at radius 2 is 1.70 bits per heavy atom. The number of nitrogens with zero attached hydrogens (tertiary/aromatic N) is 4. The Bertz CT molecular complexity index is 1530. The van der Waals surface area contributed by atoms with E-state index in [-0.39, 0.29) is 17.3 Å². The van der Waals surface area contributed by atoms with Crippen molar-refractivity contribution in [2.45, 2.75) is 23.9 Å². The molecule has 0 saturated carbocycles. The smallest absolute Gasteiger partial charge is 0.220 e. The first kappa shape index (κ1) is 24.5.